The van der Waals surface area contributed by atoms with E-state index in [9.17, 15) is 9.59 Å². The fourth-order valence-electron chi connectivity index (χ4n) is 3.55. The number of carbonyl (C=O) groups excluding carboxylic acids is 2. The van der Waals surface area contributed by atoms with Crippen LogP contribution in [0, 0.1) is 0 Å². The molecule has 1 aromatic heterocycles. The summed E-state index contributed by atoms with van der Waals surface area (Å²) in [4.78, 5) is 33.4. The molecule has 1 aliphatic heterocycles. The number of hydrogen-bond acceptors (Lipinski definition) is 4. The Labute approximate surface area is 176 Å². The van der Waals surface area contributed by atoms with Crippen LogP contribution >= 0.6 is 0 Å². The van der Waals surface area contributed by atoms with E-state index in [2.05, 4.69) is 15.2 Å². The monoisotopic (exact) mass is 400 g/mol. The average Bonchev–Trinajstić information content (AvgIpc) is 2.80. The average molecular weight is 400 g/mol. The van der Waals surface area contributed by atoms with Gasteiger partial charge in [-0.1, -0.05) is 36.4 Å². The van der Waals surface area contributed by atoms with Gasteiger partial charge in [-0.2, -0.15) is 0 Å². The highest BCUT2D eigenvalue weighted by molar-refractivity contribution is 6.04. The first-order valence-corrected chi connectivity index (χ1v) is 10.1. The number of pyridine rings is 1. The van der Waals surface area contributed by atoms with Crippen LogP contribution < -0.4 is 5.32 Å². The molecule has 30 heavy (non-hydrogen) atoms. The molecule has 3 aromatic rings. The predicted octanol–water partition coefficient (Wildman–Crippen LogP) is 3.29. The standard InChI is InChI=1S/C24H24N4O2/c29-23(26-21-9-2-1-3-10-21)20-8-6-7-19(17-20)18-27-13-15-28(16-14-27)24(30)22-11-4-5-12-25-22/h1-12,17H,13-16,18H2,(H,26,29). The van der Waals surface area contributed by atoms with Gasteiger partial charge in [0.25, 0.3) is 11.8 Å². The molecule has 6 nitrogen and oxygen atoms in total. The van der Waals surface area contributed by atoms with Gasteiger partial charge in [0.05, 0.1) is 0 Å². The maximum atomic E-state index is 12.5. The molecule has 0 unspecified atom stereocenters. The van der Waals surface area contributed by atoms with Crippen LogP contribution in [0.1, 0.15) is 26.4 Å². The topological polar surface area (TPSA) is 65.5 Å². The SMILES string of the molecule is O=C(Nc1ccccc1)c1cccc(CN2CCN(C(=O)c3ccccn3)CC2)c1. The molecule has 0 aliphatic carbocycles. The van der Waals surface area contributed by atoms with Crippen LogP contribution in [0.25, 0.3) is 0 Å². The second-order valence-electron chi connectivity index (χ2n) is 7.30. The number of carbonyl (C=O) groups is 2. The Morgan fingerprint density at radius 3 is 2.37 bits per heavy atom. The smallest absolute Gasteiger partial charge is 0.272 e. The van der Waals surface area contributed by atoms with Crippen molar-refractivity contribution in [3.63, 3.8) is 0 Å². The Hall–Kier alpha value is -3.51. The van der Waals surface area contributed by atoms with Crippen molar-refractivity contribution in [1.29, 1.82) is 0 Å². The summed E-state index contributed by atoms with van der Waals surface area (Å²) < 4.78 is 0. The van der Waals surface area contributed by atoms with Crippen LogP contribution in [0.5, 0.6) is 0 Å². The minimum atomic E-state index is -0.117. The zero-order valence-corrected chi connectivity index (χ0v) is 16.7. The summed E-state index contributed by atoms with van der Waals surface area (Å²) in [5.74, 6) is -0.136. The van der Waals surface area contributed by atoms with E-state index in [1.54, 1.807) is 12.3 Å². The Morgan fingerprint density at radius 2 is 1.63 bits per heavy atom. The lowest BCUT2D eigenvalue weighted by atomic mass is 10.1. The van der Waals surface area contributed by atoms with Crippen LogP contribution in [-0.2, 0) is 6.54 Å². The first-order valence-electron chi connectivity index (χ1n) is 10.1. The van der Waals surface area contributed by atoms with E-state index in [4.69, 9.17) is 0 Å². The summed E-state index contributed by atoms with van der Waals surface area (Å²) >= 11 is 0. The van der Waals surface area contributed by atoms with E-state index < -0.39 is 0 Å². The first-order chi connectivity index (χ1) is 14.7. The maximum absolute atomic E-state index is 12.5. The van der Waals surface area contributed by atoms with Crippen LogP contribution in [0.3, 0.4) is 0 Å². The molecule has 0 bridgehead atoms. The van der Waals surface area contributed by atoms with E-state index >= 15 is 0 Å². The fraction of sp³-hybridized carbons (Fsp3) is 0.208. The lowest BCUT2D eigenvalue weighted by molar-refractivity contribution is 0.0622. The van der Waals surface area contributed by atoms with Crippen LogP contribution in [-0.4, -0.2) is 52.8 Å². The molecular formula is C24H24N4O2. The number of amides is 2. The molecule has 2 heterocycles. The molecule has 0 saturated carbocycles. The van der Waals surface area contributed by atoms with Gasteiger partial charge in [-0.05, 0) is 42.0 Å². The summed E-state index contributed by atoms with van der Waals surface area (Å²) in [5, 5.41) is 2.92. The minimum Gasteiger partial charge on any atom is -0.335 e. The highest BCUT2D eigenvalue weighted by Gasteiger charge is 2.22. The largest absolute Gasteiger partial charge is 0.335 e. The fourth-order valence-corrected chi connectivity index (χ4v) is 3.55. The Morgan fingerprint density at radius 1 is 0.867 bits per heavy atom. The van der Waals surface area contributed by atoms with Gasteiger partial charge < -0.3 is 10.2 Å². The maximum Gasteiger partial charge on any atom is 0.272 e. The Balaban J connectivity index is 1.33. The molecule has 1 N–H and O–H groups in total. The summed E-state index contributed by atoms with van der Waals surface area (Å²) in [7, 11) is 0. The van der Waals surface area contributed by atoms with Gasteiger partial charge in [0, 0.05) is 50.2 Å². The number of benzene rings is 2. The number of hydrogen-bond donors (Lipinski definition) is 1. The van der Waals surface area contributed by atoms with Crippen LogP contribution in [0.4, 0.5) is 5.69 Å². The summed E-state index contributed by atoms with van der Waals surface area (Å²) in [5.41, 5.74) is 2.99. The third-order valence-corrected chi connectivity index (χ3v) is 5.17. The number of nitrogens with zero attached hydrogens (tertiary/aromatic N) is 3. The number of piperazine rings is 1. The molecule has 2 amide bonds. The number of anilines is 1. The number of para-hydroxylation sites is 1. The molecule has 0 spiro atoms. The molecule has 4 rings (SSSR count). The molecule has 2 aromatic carbocycles. The number of aromatic nitrogens is 1. The third kappa shape index (κ3) is 4.90. The zero-order valence-electron chi connectivity index (χ0n) is 16.7. The molecule has 1 aliphatic rings. The second kappa shape index (κ2) is 9.33. The van der Waals surface area contributed by atoms with Gasteiger partial charge in [-0.3, -0.25) is 19.5 Å². The van der Waals surface area contributed by atoms with E-state index in [-0.39, 0.29) is 11.8 Å². The summed E-state index contributed by atoms with van der Waals surface area (Å²) in [6.07, 6.45) is 1.64. The van der Waals surface area contributed by atoms with Crippen LogP contribution in [0.15, 0.2) is 79.0 Å². The Kier molecular flexibility index (Phi) is 6.15. The summed E-state index contributed by atoms with van der Waals surface area (Å²) in [6.45, 7) is 3.67. The van der Waals surface area contributed by atoms with Gasteiger partial charge in [0.1, 0.15) is 5.69 Å². The molecule has 0 radical (unpaired) electrons. The van der Waals surface area contributed by atoms with Gasteiger partial charge >= 0.3 is 0 Å². The quantitative estimate of drug-likeness (QED) is 0.714. The Bertz CT molecular complexity index is 1000. The normalized spacial score (nSPS) is 14.3. The van der Waals surface area contributed by atoms with Crippen molar-refractivity contribution >= 4 is 17.5 Å². The highest BCUT2D eigenvalue weighted by Crippen LogP contribution is 2.14. The summed E-state index contributed by atoms with van der Waals surface area (Å²) in [6, 6.07) is 22.5. The third-order valence-electron chi connectivity index (χ3n) is 5.17. The minimum absolute atomic E-state index is 0.0187. The van der Waals surface area contributed by atoms with Crippen molar-refractivity contribution in [2.24, 2.45) is 0 Å². The number of nitrogens with one attached hydrogen (secondary N) is 1. The van der Waals surface area contributed by atoms with Gasteiger partial charge in [-0.15, -0.1) is 0 Å². The molecule has 1 fully saturated rings. The van der Waals surface area contributed by atoms with Crippen molar-refractivity contribution in [2.45, 2.75) is 6.54 Å². The van der Waals surface area contributed by atoms with Crippen LogP contribution in [0.2, 0.25) is 0 Å². The van der Waals surface area contributed by atoms with Gasteiger partial charge in [-0.25, -0.2) is 0 Å². The van der Waals surface area contributed by atoms with Crippen molar-refractivity contribution in [1.82, 2.24) is 14.8 Å². The molecule has 152 valence electrons. The van der Waals surface area contributed by atoms with E-state index in [0.717, 1.165) is 30.9 Å². The van der Waals surface area contributed by atoms with Gasteiger partial charge in [0.15, 0.2) is 0 Å². The lowest BCUT2D eigenvalue weighted by Gasteiger charge is -2.34. The van der Waals surface area contributed by atoms with E-state index in [1.807, 2.05) is 71.6 Å². The van der Waals surface area contributed by atoms with Crippen molar-refractivity contribution in [3.05, 3.63) is 95.8 Å². The molecule has 1 saturated heterocycles. The zero-order chi connectivity index (χ0) is 20.8. The van der Waals surface area contributed by atoms with E-state index in [0.29, 0.717) is 24.3 Å². The second-order valence-corrected chi connectivity index (χ2v) is 7.30. The number of rotatable bonds is 5. The van der Waals surface area contributed by atoms with Gasteiger partial charge in [0.2, 0.25) is 0 Å². The molecular weight excluding hydrogens is 376 g/mol. The van der Waals surface area contributed by atoms with Crippen molar-refractivity contribution < 1.29 is 9.59 Å². The predicted molar refractivity (Wildman–Crippen MR) is 116 cm³/mol. The van der Waals surface area contributed by atoms with Crippen molar-refractivity contribution in [3.8, 4) is 0 Å². The first kappa shape index (κ1) is 19.8. The van der Waals surface area contributed by atoms with Crippen molar-refractivity contribution in [2.75, 3.05) is 31.5 Å². The lowest BCUT2D eigenvalue weighted by Crippen LogP contribution is -2.48. The highest BCUT2D eigenvalue weighted by atomic mass is 16.2. The molecule has 0 atom stereocenters. The van der Waals surface area contributed by atoms with E-state index in [1.165, 1.54) is 0 Å². The molecule has 6 heteroatoms.